The first-order valence-electron chi connectivity index (χ1n) is 5.34. The maximum Gasteiger partial charge on any atom is 0.222 e. The summed E-state index contributed by atoms with van der Waals surface area (Å²) in [7, 11) is 0. The van der Waals surface area contributed by atoms with Gasteiger partial charge in [-0.15, -0.1) is 0 Å². The van der Waals surface area contributed by atoms with Crippen molar-refractivity contribution in [3.05, 3.63) is 0 Å². The van der Waals surface area contributed by atoms with Gasteiger partial charge in [-0.05, 0) is 12.8 Å². The minimum Gasteiger partial charge on any atom is -0.356 e. The lowest BCUT2D eigenvalue weighted by atomic mass is 10.3. The highest BCUT2D eigenvalue weighted by Crippen LogP contribution is 2.09. The highest BCUT2D eigenvalue weighted by molar-refractivity contribution is 9.09. The van der Waals surface area contributed by atoms with E-state index >= 15 is 0 Å². The molecule has 0 spiro atoms. The summed E-state index contributed by atoms with van der Waals surface area (Å²) in [6.07, 6.45) is 3.03. The van der Waals surface area contributed by atoms with Gasteiger partial charge in [0.05, 0.1) is 0 Å². The van der Waals surface area contributed by atoms with Gasteiger partial charge in [0, 0.05) is 37.8 Å². The first-order chi connectivity index (χ1) is 7.24. The number of rotatable bonds is 6. The van der Waals surface area contributed by atoms with Crippen molar-refractivity contribution in [1.82, 2.24) is 10.2 Å². The van der Waals surface area contributed by atoms with E-state index in [0.717, 1.165) is 25.9 Å². The van der Waals surface area contributed by atoms with Crippen LogP contribution in [-0.4, -0.2) is 41.7 Å². The van der Waals surface area contributed by atoms with E-state index in [9.17, 15) is 9.59 Å². The third-order valence-electron chi connectivity index (χ3n) is 2.42. The van der Waals surface area contributed by atoms with Crippen LogP contribution in [0.5, 0.6) is 0 Å². The molecule has 1 saturated heterocycles. The number of nitrogens with zero attached hydrogens (tertiary/aromatic N) is 1. The van der Waals surface area contributed by atoms with E-state index in [4.69, 9.17) is 0 Å². The number of carbonyl (C=O) groups excluding carboxylic acids is 2. The molecule has 0 unspecified atom stereocenters. The quantitative estimate of drug-likeness (QED) is 0.579. The number of likely N-dealkylation sites (tertiary alicyclic amines) is 1. The Morgan fingerprint density at radius 1 is 1.53 bits per heavy atom. The number of alkyl halides is 1. The Labute approximate surface area is 98.5 Å². The zero-order chi connectivity index (χ0) is 11.1. The monoisotopic (exact) mass is 276 g/mol. The summed E-state index contributed by atoms with van der Waals surface area (Å²) in [5.74, 6) is 0.321. The fourth-order valence-electron chi connectivity index (χ4n) is 1.61. The number of hydrogen-bond acceptors (Lipinski definition) is 2. The molecule has 0 aromatic rings. The van der Waals surface area contributed by atoms with Gasteiger partial charge in [-0.1, -0.05) is 15.9 Å². The average molecular weight is 277 g/mol. The number of amides is 2. The number of carbonyl (C=O) groups is 2. The summed E-state index contributed by atoms with van der Waals surface area (Å²) in [6.45, 7) is 2.32. The molecule has 0 bridgehead atoms. The van der Waals surface area contributed by atoms with Crippen LogP contribution < -0.4 is 5.32 Å². The molecule has 1 rings (SSSR count). The molecule has 1 aliphatic heterocycles. The van der Waals surface area contributed by atoms with Crippen LogP contribution in [0, 0.1) is 0 Å². The number of hydrogen-bond donors (Lipinski definition) is 1. The predicted molar refractivity (Wildman–Crippen MR) is 61.9 cm³/mol. The Morgan fingerprint density at radius 2 is 2.33 bits per heavy atom. The van der Waals surface area contributed by atoms with E-state index in [2.05, 4.69) is 21.2 Å². The molecule has 1 N–H and O–H groups in total. The van der Waals surface area contributed by atoms with Crippen molar-refractivity contribution in [3.63, 3.8) is 0 Å². The largest absolute Gasteiger partial charge is 0.356 e. The Bertz CT molecular complexity index is 233. The third-order valence-corrected chi connectivity index (χ3v) is 2.82. The van der Waals surface area contributed by atoms with E-state index in [1.165, 1.54) is 0 Å². The lowest BCUT2D eigenvalue weighted by molar-refractivity contribution is -0.127. The molecule has 2 amide bonds. The molecular weight excluding hydrogens is 260 g/mol. The van der Waals surface area contributed by atoms with Crippen LogP contribution in [0.2, 0.25) is 0 Å². The van der Waals surface area contributed by atoms with Crippen LogP contribution in [0.1, 0.15) is 25.7 Å². The average Bonchev–Trinajstić information content (AvgIpc) is 2.60. The molecule has 0 atom stereocenters. The molecular formula is C10H17BrN2O2. The van der Waals surface area contributed by atoms with E-state index in [1.54, 1.807) is 0 Å². The van der Waals surface area contributed by atoms with Gasteiger partial charge in [-0.3, -0.25) is 9.59 Å². The van der Waals surface area contributed by atoms with Gasteiger partial charge in [-0.25, -0.2) is 0 Å². The second-order valence-electron chi connectivity index (χ2n) is 3.63. The van der Waals surface area contributed by atoms with Crippen molar-refractivity contribution >= 4 is 27.7 Å². The van der Waals surface area contributed by atoms with Gasteiger partial charge >= 0.3 is 0 Å². The lowest BCUT2D eigenvalue weighted by Gasteiger charge is -2.15. The van der Waals surface area contributed by atoms with Crippen LogP contribution in [0.3, 0.4) is 0 Å². The maximum atomic E-state index is 11.2. The van der Waals surface area contributed by atoms with Crippen LogP contribution >= 0.6 is 15.9 Å². The normalized spacial score (nSPS) is 15.8. The summed E-state index contributed by atoms with van der Waals surface area (Å²) in [5, 5.41) is 3.51. The molecule has 4 nitrogen and oxygen atoms in total. The van der Waals surface area contributed by atoms with Gasteiger partial charge in [0.2, 0.25) is 11.8 Å². The molecule has 86 valence electrons. The molecule has 1 aliphatic rings. The minimum atomic E-state index is 0.0691. The van der Waals surface area contributed by atoms with E-state index in [-0.39, 0.29) is 11.8 Å². The van der Waals surface area contributed by atoms with Gasteiger partial charge in [-0.2, -0.15) is 0 Å². The Balaban J connectivity index is 2.01. The zero-order valence-electron chi connectivity index (χ0n) is 8.80. The standard InChI is InChI=1S/C10H17BrN2O2/c11-5-4-9(14)12-6-2-8-13-7-1-3-10(13)15/h1-8H2,(H,12,14). The minimum absolute atomic E-state index is 0.0691. The topological polar surface area (TPSA) is 49.4 Å². The van der Waals surface area contributed by atoms with Crippen LogP contribution in [0.25, 0.3) is 0 Å². The van der Waals surface area contributed by atoms with Gasteiger partial charge in [0.1, 0.15) is 0 Å². The molecule has 5 heteroatoms. The summed E-state index contributed by atoms with van der Waals surface area (Å²) in [5.41, 5.74) is 0. The van der Waals surface area contributed by atoms with Crippen molar-refractivity contribution < 1.29 is 9.59 Å². The van der Waals surface area contributed by atoms with Crippen molar-refractivity contribution in [2.45, 2.75) is 25.7 Å². The maximum absolute atomic E-state index is 11.2. The van der Waals surface area contributed by atoms with Crippen LogP contribution in [0.15, 0.2) is 0 Å². The number of halogens is 1. The lowest BCUT2D eigenvalue weighted by Crippen LogP contribution is -2.30. The van der Waals surface area contributed by atoms with Crippen molar-refractivity contribution in [2.24, 2.45) is 0 Å². The molecule has 1 heterocycles. The highest BCUT2D eigenvalue weighted by atomic mass is 79.9. The molecule has 0 aromatic heterocycles. The van der Waals surface area contributed by atoms with E-state index in [1.807, 2.05) is 4.90 Å². The zero-order valence-corrected chi connectivity index (χ0v) is 10.4. The predicted octanol–water partition coefficient (Wildman–Crippen LogP) is 0.900. The SMILES string of the molecule is O=C(CCBr)NCCCN1CCCC1=O. The Morgan fingerprint density at radius 3 is 2.93 bits per heavy atom. The van der Waals surface area contributed by atoms with E-state index in [0.29, 0.717) is 24.7 Å². The van der Waals surface area contributed by atoms with Crippen LogP contribution in [-0.2, 0) is 9.59 Å². The fraction of sp³-hybridized carbons (Fsp3) is 0.800. The van der Waals surface area contributed by atoms with Gasteiger partial charge < -0.3 is 10.2 Å². The van der Waals surface area contributed by atoms with Crippen molar-refractivity contribution in [2.75, 3.05) is 25.0 Å². The number of nitrogens with one attached hydrogen (secondary N) is 1. The second kappa shape index (κ2) is 6.82. The Kier molecular flexibility index (Phi) is 5.68. The molecule has 0 saturated carbocycles. The van der Waals surface area contributed by atoms with Crippen LogP contribution in [0.4, 0.5) is 0 Å². The smallest absolute Gasteiger partial charge is 0.222 e. The van der Waals surface area contributed by atoms with Gasteiger partial charge in [0.25, 0.3) is 0 Å². The first-order valence-corrected chi connectivity index (χ1v) is 6.46. The summed E-state index contributed by atoms with van der Waals surface area (Å²) < 4.78 is 0. The van der Waals surface area contributed by atoms with Crippen molar-refractivity contribution in [1.29, 1.82) is 0 Å². The highest BCUT2D eigenvalue weighted by Gasteiger charge is 2.18. The second-order valence-corrected chi connectivity index (χ2v) is 4.42. The summed E-state index contributed by atoms with van der Waals surface area (Å²) in [4.78, 5) is 24.2. The first kappa shape index (κ1) is 12.5. The molecule has 0 aromatic carbocycles. The third kappa shape index (κ3) is 4.64. The molecule has 1 fully saturated rings. The molecule has 0 radical (unpaired) electrons. The molecule has 15 heavy (non-hydrogen) atoms. The van der Waals surface area contributed by atoms with Crippen molar-refractivity contribution in [3.8, 4) is 0 Å². The van der Waals surface area contributed by atoms with Gasteiger partial charge in [0.15, 0.2) is 0 Å². The van der Waals surface area contributed by atoms with E-state index < -0.39 is 0 Å². The summed E-state index contributed by atoms with van der Waals surface area (Å²) in [6, 6.07) is 0. The Hall–Kier alpha value is -0.580. The molecule has 0 aliphatic carbocycles. The fourth-order valence-corrected chi connectivity index (χ4v) is 1.97. The summed E-state index contributed by atoms with van der Waals surface area (Å²) >= 11 is 3.21.